The molecule has 1 amide bonds. The number of H-pyrrole nitrogens is 1. The Morgan fingerprint density at radius 3 is 2.65 bits per heavy atom. The lowest BCUT2D eigenvalue weighted by atomic mass is 10.1. The highest BCUT2D eigenvalue weighted by atomic mass is 35.5. The maximum Gasteiger partial charge on any atom is 0.262 e. The second-order valence-corrected chi connectivity index (χ2v) is 6.08. The molecule has 0 radical (unpaired) electrons. The van der Waals surface area contributed by atoms with Gasteiger partial charge in [0.1, 0.15) is 5.75 Å². The minimum absolute atomic E-state index is 0.139. The molecular weight excluding hydrogens is 356 g/mol. The number of halogens is 1. The Morgan fingerprint density at radius 2 is 1.92 bits per heavy atom. The number of carbonyl (C=O) groups is 1. The molecule has 0 saturated heterocycles. The van der Waals surface area contributed by atoms with Crippen molar-refractivity contribution >= 4 is 34.1 Å². The van der Waals surface area contributed by atoms with Gasteiger partial charge in [0.15, 0.2) is 6.61 Å². The molecule has 2 aromatic carbocycles. The molecule has 1 heterocycles. The quantitative estimate of drug-likeness (QED) is 0.695. The van der Waals surface area contributed by atoms with Crippen LogP contribution >= 0.6 is 11.6 Å². The highest BCUT2D eigenvalue weighted by Crippen LogP contribution is 2.20. The molecule has 0 aliphatic heterocycles. The number of aromatic nitrogens is 1. The number of amides is 1. The summed E-state index contributed by atoms with van der Waals surface area (Å²) in [7, 11) is 1.57. The third-order valence-corrected chi connectivity index (χ3v) is 3.95. The Bertz CT molecular complexity index is 983. The molecule has 26 heavy (non-hydrogen) atoms. The van der Waals surface area contributed by atoms with E-state index in [-0.39, 0.29) is 18.1 Å². The van der Waals surface area contributed by atoms with E-state index in [1.807, 2.05) is 6.07 Å². The zero-order valence-electron chi connectivity index (χ0n) is 14.0. The predicted molar refractivity (Wildman–Crippen MR) is 101 cm³/mol. The van der Waals surface area contributed by atoms with Gasteiger partial charge in [-0.3, -0.25) is 9.59 Å². The summed E-state index contributed by atoms with van der Waals surface area (Å²) in [4.78, 5) is 26.6. The number of fused-ring (bicyclic) bond motifs is 1. The summed E-state index contributed by atoms with van der Waals surface area (Å²) in [5.41, 5.74) is 1.75. The van der Waals surface area contributed by atoms with E-state index in [4.69, 9.17) is 21.1 Å². The zero-order valence-corrected chi connectivity index (χ0v) is 14.8. The molecule has 0 aliphatic carbocycles. The van der Waals surface area contributed by atoms with Crippen LogP contribution in [0.15, 0.2) is 53.3 Å². The lowest BCUT2D eigenvalue weighted by Crippen LogP contribution is -2.20. The van der Waals surface area contributed by atoms with Crippen LogP contribution in [-0.2, 0) is 16.1 Å². The van der Waals surface area contributed by atoms with Crippen molar-refractivity contribution in [3.8, 4) is 5.75 Å². The monoisotopic (exact) mass is 372 g/mol. The second kappa shape index (κ2) is 8.03. The topological polar surface area (TPSA) is 80.4 Å². The molecule has 7 heteroatoms. The number of hydrogen-bond acceptors (Lipinski definition) is 4. The van der Waals surface area contributed by atoms with Crippen LogP contribution in [0.5, 0.6) is 5.75 Å². The van der Waals surface area contributed by atoms with Crippen LogP contribution in [0.25, 0.3) is 10.9 Å². The third-order valence-electron chi connectivity index (χ3n) is 3.70. The number of nitrogens with one attached hydrogen (secondary N) is 2. The molecule has 0 spiro atoms. The predicted octanol–water partition coefficient (Wildman–Crippen LogP) is 3.35. The summed E-state index contributed by atoms with van der Waals surface area (Å²) in [5.74, 6) is 0.242. The van der Waals surface area contributed by atoms with Crippen LogP contribution in [0.3, 0.4) is 0 Å². The first-order valence-electron chi connectivity index (χ1n) is 7.88. The van der Waals surface area contributed by atoms with E-state index in [0.29, 0.717) is 28.6 Å². The molecule has 2 N–H and O–H groups in total. The molecule has 0 unspecified atom stereocenters. The largest absolute Gasteiger partial charge is 0.484 e. The highest BCUT2D eigenvalue weighted by molar-refractivity contribution is 6.30. The van der Waals surface area contributed by atoms with E-state index in [0.717, 1.165) is 10.9 Å². The SMILES string of the molecule is COCc1cc(=O)[nH]c2cc(NC(=O)COc3ccc(Cl)cc3)ccc12. The van der Waals surface area contributed by atoms with E-state index in [2.05, 4.69) is 10.3 Å². The lowest BCUT2D eigenvalue weighted by Gasteiger charge is -2.10. The van der Waals surface area contributed by atoms with E-state index in [1.165, 1.54) is 6.07 Å². The number of pyridine rings is 1. The van der Waals surface area contributed by atoms with Crippen LogP contribution in [0.2, 0.25) is 5.02 Å². The van der Waals surface area contributed by atoms with Crippen molar-refractivity contribution in [1.82, 2.24) is 4.98 Å². The van der Waals surface area contributed by atoms with Gasteiger partial charge in [-0.2, -0.15) is 0 Å². The molecule has 0 fully saturated rings. The molecule has 0 aliphatic rings. The molecule has 0 saturated carbocycles. The smallest absolute Gasteiger partial charge is 0.262 e. The lowest BCUT2D eigenvalue weighted by molar-refractivity contribution is -0.118. The van der Waals surface area contributed by atoms with Crippen molar-refractivity contribution in [2.45, 2.75) is 6.61 Å². The van der Waals surface area contributed by atoms with Gasteiger partial charge in [0.05, 0.1) is 12.1 Å². The Kier molecular flexibility index (Phi) is 5.55. The summed E-state index contributed by atoms with van der Waals surface area (Å²) in [6.45, 7) is 0.195. The second-order valence-electron chi connectivity index (χ2n) is 5.64. The van der Waals surface area contributed by atoms with Gasteiger partial charge < -0.3 is 19.8 Å². The van der Waals surface area contributed by atoms with E-state index in [1.54, 1.807) is 43.5 Å². The number of anilines is 1. The standard InChI is InChI=1S/C19H17ClN2O4/c1-25-10-12-8-18(23)22-17-9-14(4-7-16(12)17)21-19(24)11-26-15-5-2-13(20)3-6-15/h2-9H,10-11H2,1H3,(H,21,24)(H,22,23). The third kappa shape index (κ3) is 4.41. The van der Waals surface area contributed by atoms with Gasteiger partial charge >= 0.3 is 0 Å². The molecular formula is C19H17ClN2O4. The van der Waals surface area contributed by atoms with Crippen LogP contribution in [0, 0.1) is 0 Å². The van der Waals surface area contributed by atoms with E-state index >= 15 is 0 Å². The van der Waals surface area contributed by atoms with Gasteiger partial charge in [-0.25, -0.2) is 0 Å². The van der Waals surface area contributed by atoms with Gasteiger partial charge in [0.25, 0.3) is 5.91 Å². The Hall–Kier alpha value is -2.83. The Morgan fingerprint density at radius 1 is 1.15 bits per heavy atom. The number of methoxy groups -OCH3 is 1. The first-order chi connectivity index (χ1) is 12.5. The van der Waals surface area contributed by atoms with Gasteiger partial charge in [-0.1, -0.05) is 17.7 Å². The molecule has 0 bridgehead atoms. The normalized spacial score (nSPS) is 10.7. The minimum atomic E-state index is -0.310. The zero-order chi connectivity index (χ0) is 18.5. The van der Waals surface area contributed by atoms with Crippen molar-refractivity contribution in [3.63, 3.8) is 0 Å². The number of aromatic amines is 1. The summed E-state index contributed by atoms with van der Waals surface area (Å²) >= 11 is 5.80. The highest BCUT2D eigenvalue weighted by Gasteiger charge is 2.08. The minimum Gasteiger partial charge on any atom is -0.484 e. The van der Waals surface area contributed by atoms with Crippen LogP contribution in [-0.4, -0.2) is 24.6 Å². The first kappa shape index (κ1) is 18.0. The van der Waals surface area contributed by atoms with Crippen molar-refractivity contribution in [1.29, 1.82) is 0 Å². The van der Waals surface area contributed by atoms with Gasteiger partial charge in [-0.15, -0.1) is 0 Å². The summed E-state index contributed by atoms with van der Waals surface area (Å²) in [5, 5.41) is 4.20. The average Bonchev–Trinajstić information content (AvgIpc) is 2.61. The van der Waals surface area contributed by atoms with Crippen molar-refractivity contribution in [2.75, 3.05) is 19.0 Å². The number of carbonyl (C=O) groups excluding carboxylic acids is 1. The van der Waals surface area contributed by atoms with Gasteiger partial charge in [0.2, 0.25) is 5.56 Å². The average molecular weight is 373 g/mol. The number of rotatable bonds is 6. The maximum absolute atomic E-state index is 12.1. The molecule has 3 rings (SSSR count). The van der Waals surface area contributed by atoms with Crippen molar-refractivity contribution in [2.24, 2.45) is 0 Å². The van der Waals surface area contributed by atoms with Crippen molar-refractivity contribution in [3.05, 3.63) is 69.5 Å². The molecule has 6 nitrogen and oxygen atoms in total. The number of benzene rings is 2. The maximum atomic E-state index is 12.1. The Labute approximate surface area is 154 Å². The molecule has 0 atom stereocenters. The van der Waals surface area contributed by atoms with Crippen LogP contribution in [0.4, 0.5) is 5.69 Å². The van der Waals surface area contributed by atoms with Gasteiger partial charge in [0, 0.05) is 29.3 Å². The summed E-state index contributed by atoms with van der Waals surface area (Å²) in [6.07, 6.45) is 0. The fourth-order valence-corrected chi connectivity index (χ4v) is 2.69. The van der Waals surface area contributed by atoms with Gasteiger partial charge in [-0.05, 0) is 42.0 Å². The summed E-state index contributed by atoms with van der Waals surface area (Å²) < 4.78 is 10.5. The molecule has 1 aromatic heterocycles. The number of ether oxygens (including phenoxy) is 2. The van der Waals surface area contributed by atoms with E-state index < -0.39 is 0 Å². The Balaban J connectivity index is 1.71. The molecule has 3 aromatic rings. The summed E-state index contributed by atoms with van der Waals surface area (Å²) in [6, 6.07) is 13.6. The first-order valence-corrected chi connectivity index (χ1v) is 8.26. The van der Waals surface area contributed by atoms with Crippen LogP contribution in [0.1, 0.15) is 5.56 Å². The fourth-order valence-electron chi connectivity index (χ4n) is 2.56. The van der Waals surface area contributed by atoms with E-state index in [9.17, 15) is 9.59 Å². The number of hydrogen-bond donors (Lipinski definition) is 2. The fraction of sp³-hybridized carbons (Fsp3) is 0.158. The van der Waals surface area contributed by atoms with Crippen LogP contribution < -0.4 is 15.6 Å². The molecule has 134 valence electrons. The van der Waals surface area contributed by atoms with Crippen molar-refractivity contribution < 1.29 is 14.3 Å².